The molecule has 104 valence electrons. The van der Waals surface area contributed by atoms with Gasteiger partial charge >= 0.3 is 0 Å². The maximum absolute atomic E-state index is 4.70. The van der Waals surface area contributed by atoms with Crippen LogP contribution < -0.4 is 10.2 Å². The second-order valence-corrected chi connectivity index (χ2v) is 5.29. The summed E-state index contributed by atoms with van der Waals surface area (Å²) in [5.41, 5.74) is 5.23. The van der Waals surface area contributed by atoms with Crippen LogP contribution in [0.2, 0.25) is 0 Å². The molecule has 3 rings (SSSR count). The lowest BCUT2D eigenvalue weighted by atomic mass is 10.1. The summed E-state index contributed by atoms with van der Waals surface area (Å²) in [6.07, 6.45) is 3.10. The molecular formula is C17H21N3. The molecule has 1 N–H and O–H groups in total. The van der Waals surface area contributed by atoms with Gasteiger partial charge in [-0.25, -0.2) is 4.98 Å². The molecule has 2 heterocycles. The van der Waals surface area contributed by atoms with E-state index in [0.717, 1.165) is 31.9 Å². The van der Waals surface area contributed by atoms with Gasteiger partial charge in [-0.3, -0.25) is 0 Å². The molecule has 0 radical (unpaired) electrons. The highest BCUT2D eigenvalue weighted by molar-refractivity contribution is 5.69. The molecule has 0 aliphatic carbocycles. The van der Waals surface area contributed by atoms with E-state index in [2.05, 4.69) is 54.4 Å². The number of rotatable bonds is 4. The standard InChI is InChI=1S/C17H21N3/c1-3-18-11-14-10-13(2)17(19-12-14)20-9-8-15-6-4-5-7-16(15)20/h4-7,10,12,18H,3,8-9,11H2,1-2H3. The summed E-state index contributed by atoms with van der Waals surface area (Å²) in [6, 6.07) is 10.9. The number of fused-ring (bicyclic) bond motifs is 1. The van der Waals surface area contributed by atoms with Crippen molar-refractivity contribution in [3.8, 4) is 0 Å². The van der Waals surface area contributed by atoms with E-state index in [4.69, 9.17) is 4.98 Å². The average Bonchev–Trinajstić information content (AvgIpc) is 2.89. The molecule has 0 spiro atoms. The van der Waals surface area contributed by atoms with Crippen LogP contribution in [0.3, 0.4) is 0 Å². The number of hydrogen-bond acceptors (Lipinski definition) is 3. The Balaban J connectivity index is 1.88. The van der Waals surface area contributed by atoms with Crippen molar-refractivity contribution in [1.82, 2.24) is 10.3 Å². The van der Waals surface area contributed by atoms with Crippen molar-refractivity contribution in [2.75, 3.05) is 18.0 Å². The molecule has 0 bridgehead atoms. The summed E-state index contributed by atoms with van der Waals surface area (Å²) in [4.78, 5) is 7.03. The number of para-hydroxylation sites is 1. The van der Waals surface area contributed by atoms with Gasteiger partial charge in [-0.05, 0) is 48.7 Å². The molecule has 0 atom stereocenters. The van der Waals surface area contributed by atoms with Crippen molar-refractivity contribution in [1.29, 1.82) is 0 Å². The van der Waals surface area contributed by atoms with E-state index >= 15 is 0 Å². The second kappa shape index (κ2) is 5.63. The van der Waals surface area contributed by atoms with E-state index in [1.165, 1.54) is 22.4 Å². The zero-order valence-corrected chi connectivity index (χ0v) is 12.2. The largest absolute Gasteiger partial charge is 0.326 e. The first kappa shape index (κ1) is 13.1. The van der Waals surface area contributed by atoms with Crippen LogP contribution in [-0.2, 0) is 13.0 Å². The Bertz CT molecular complexity index is 607. The van der Waals surface area contributed by atoms with Gasteiger partial charge in [-0.15, -0.1) is 0 Å². The molecule has 1 aromatic carbocycles. The van der Waals surface area contributed by atoms with Crippen molar-refractivity contribution >= 4 is 11.5 Å². The molecule has 0 saturated carbocycles. The Labute approximate surface area is 120 Å². The maximum Gasteiger partial charge on any atom is 0.135 e. The Morgan fingerprint density at radius 1 is 1.30 bits per heavy atom. The van der Waals surface area contributed by atoms with Crippen LogP contribution in [0.1, 0.15) is 23.6 Å². The third-order valence-corrected chi connectivity index (χ3v) is 3.83. The smallest absolute Gasteiger partial charge is 0.135 e. The number of aryl methyl sites for hydroxylation is 1. The Kier molecular flexibility index (Phi) is 3.70. The minimum Gasteiger partial charge on any atom is -0.326 e. The second-order valence-electron chi connectivity index (χ2n) is 5.29. The highest BCUT2D eigenvalue weighted by atomic mass is 15.2. The molecule has 1 aliphatic heterocycles. The first-order valence-electron chi connectivity index (χ1n) is 7.31. The van der Waals surface area contributed by atoms with Gasteiger partial charge in [-0.2, -0.15) is 0 Å². The summed E-state index contributed by atoms with van der Waals surface area (Å²) in [6.45, 7) is 7.18. The summed E-state index contributed by atoms with van der Waals surface area (Å²) in [5.74, 6) is 1.09. The normalized spacial score (nSPS) is 13.6. The number of benzene rings is 1. The van der Waals surface area contributed by atoms with Crippen LogP contribution in [0, 0.1) is 6.92 Å². The molecule has 0 saturated heterocycles. The minimum absolute atomic E-state index is 0.890. The first-order chi connectivity index (χ1) is 9.79. The summed E-state index contributed by atoms with van der Waals surface area (Å²) in [7, 11) is 0. The van der Waals surface area contributed by atoms with E-state index in [9.17, 15) is 0 Å². The lowest BCUT2D eigenvalue weighted by Crippen LogP contribution is -2.17. The number of nitrogens with one attached hydrogen (secondary N) is 1. The predicted molar refractivity (Wildman–Crippen MR) is 83.5 cm³/mol. The number of hydrogen-bond donors (Lipinski definition) is 1. The zero-order valence-electron chi connectivity index (χ0n) is 12.2. The quantitative estimate of drug-likeness (QED) is 0.922. The van der Waals surface area contributed by atoms with Gasteiger partial charge in [0.25, 0.3) is 0 Å². The van der Waals surface area contributed by atoms with Gasteiger partial charge in [0.1, 0.15) is 5.82 Å². The van der Waals surface area contributed by atoms with Gasteiger partial charge in [0, 0.05) is 25.0 Å². The van der Waals surface area contributed by atoms with E-state index in [0.29, 0.717) is 0 Å². The van der Waals surface area contributed by atoms with E-state index in [-0.39, 0.29) is 0 Å². The Hall–Kier alpha value is -1.87. The summed E-state index contributed by atoms with van der Waals surface area (Å²) >= 11 is 0. The van der Waals surface area contributed by atoms with Crippen molar-refractivity contribution in [2.24, 2.45) is 0 Å². The van der Waals surface area contributed by atoms with Gasteiger partial charge in [0.05, 0.1) is 0 Å². The number of nitrogens with zero attached hydrogens (tertiary/aromatic N) is 2. The van der Waals surface area contributed by atoms with Crippen LogP contribution in [0.5, 0.6) is 0 Å². The molecule has 3 heteroatoms. The molecule has 20 heavy (non-hydrogen) atoms. The van der Waals surface area contributed by atoms with Crippen LogP contribution in [0.4, 0.5) is 11.5 Å². The van der Waals surface area contributed by atoms with Crippen LogP contribution in [0.25, 0.3) is 0 Å². The molecular weight excluding hydrogens is 246 g/mol. The monoisotopic (exact) mass is 267 g/mol. The zero-order chi connectivity index (χ0) is 13.9. The Morgan fingerprint density at radius 3 is 2.95 bits per heavy atom. The van der Waals surface area contributed by atoms with Gasteiger partial charge < -0.3 is 10.2 Å². The van der Waals surface area contributed by atoms with Crippen molar-refractivity contribution in [3.05, 3.63) is 53.2 Å². The molecule has 0 fully saturated rings. The fraction of sp³-hybridized carbons (Fsp3) is 0.353. The van der Waals surface area contributed by atoms with Gasteiger partial charge in [0.2, 0.25) is 0 Å². The molecule has 3 nitrogen and oxygen atoms in total. The highest BCUT2D eigenvalue weighted by Crippen LogP contribution is 2.34. The van der Waals surface area contributed by atoms with Crippen molar-refractivity contribution in [3.63, 3.8) is 0 Å². The molecule has 0 unspecified atom stereocenters. The number of anilines is 2. The lowest BCUT2D eigenvalue weighted by molar-refractivity contribution is 0.723. The lowest BCUT2D eigenvalue weighted by Gasteiger charge is -2.21. The van der Waals surface area contributed by atoms with E-state index in [1.807, 2.05) is 6.20 Å². The fourth-order valence-corrected chi connectivity index (χ4v) is 2.83. The van der Waals surface area contributed by atoms with Gasteiger partial charge in [0.15, 0.2) is 0 Å². The van der Waals surface area contributed by atoms with Crippen LogP contribution in [-0.4, -0.2) is 18.1 Å². The minimum atomic E-state index is 0.890. The average molecular weight is 267 g/mol. The third kappa shape index (κ3) is 2.41. The third-order valence-electron chi connectivity index (χ3n) is 3.83. The van der Waals surface area contributed by atoms with Crippen LogP contribution in [0.15, 0.2) is 36.5 Å². The first-order valence-corrected chi connectivity index (χ1v) is 7.31. The van der Waals surface area contributed by atoms with Crippen LogP contribution >= 0.6 is 0 Å². The van der Waals surface area contributed by atoms with Crippen molar-refractivity contribution < 1.29 is 0 Å². The highest BCUT2D eigenvalue weighted by Gasteiger charge is 2.21. The van der Waals surface area contributed by atoms with E-state index in [1.54, 1.807) is 0 Å². The van der Waals surface area contributed by atoms with Crippen molar-refractivity contribution in [2.45, 2.75) is 26.8 Å². The summed E-state index contributed by atoms with van der Waals surface area (Å²) < 4.78 is 0. The molecule has 0 amide bonds. The number of pyridine rings is 1. The maximum atomic E-state index is 4.70. The SMILES string of the molecule is CCNCc1cnc(N2CCc3ccccc32)c(C)c1. The molecule has 1 aliphatic rings. The molecule has 2 aromatic rings. The molecule has 1 aromatic heterocycles. The summed E-state index contributed by atoms with van der Waals surface area (Å²) in [5, 5.41) is 3.34. The Morgan fingerprint density at radius 2 is 2.15 bits per heavy atom. The topological polar surface area (TPSA) is 28.2 Å². The fourth-order valence-electron chi connectivity index (χ4n) is 2.83. The van der Waals surface area contributed by atoms with E-state index < -0.39 is 0 Å². The van der Waals surface area contributed by atoms with Gasteiger partial charge in [-0.1, -0.05) is 25.1 Å². The number of aromatic nitrogens is 1. The predicted octanol–water partition coefficient (Wildman–Crippen LogP) is 3.19.